The van der Waals surface area contributed by atoms with E-state index in [-0.39, 0.29) is 5.91 Å². The molecular formula is C18H18ClN5OS. The second kappa shape index (κ2) is 7.57. The minimum atomic E-state index is -0.246. The number of aromatic nitrogens is 3. The Labute approximate surface area is 160 Å². The summed E-state index contributed by atoms with van der Waals surface area (Å²) < 4.78 is 1.88. The van der Waals surface area contributed by atoms with E-state index in [0.29, 0.717) is 21.9 Å². The summed E-state index contributed by atoms with van der Waals surface area (Å²) in [5, 5.41) is 13.8. The fraction of sp³-hybridized carbons (Fsp3) is 0.278. The Morgan fingerprint density at radius 1 is 1.31 bits per heavy atom. The summed E-state index contributed by atoms with van der Waals surface area (Å²) >= 11 is 7.30. The number of hydrogen-bond acceptors (Lipinski definition) is 5. The third-order valence-corrected chi connectivity index (χ3v) is 5.36. The van der Waals surface area contributed by atoms with Crippen molar-refractivity contribution in [2.45, 2.75) is 18.9 Å². The monoisotopic (exact) mass is 387 g/mol. The number of nitrogens with zero attached hydrogens (tertiary/aromatic N) is 3. The topological polar surface area (TPSA) is 71.8 Å². The van der Waals surface area contributed by atoms with Gasteiger partial charge in [0.2, 0.25) is 0 Å². The normalized spacial score (nSPS) is 17.2. The van der Waals surface area contributed by atoms with Crippen LogP contribution in [0.15, 0.2) is 41.9 Å². The molecule has 1 atom stereocenters. The standard InChI is InChI=1S/C18H18ClN5OS/c19-13-5-3-12(4-6-13)16-11-26-18(21-16)22-17(25)15-7-9-24(23-15)14-2-1-8-20-10-14/h3-7,9,11,14,20H,1-2,8,10H2,(H,21,22,25). The van der Waals surface area contributed by atoms with Gasteiger partial charge in [-0.3, -0.25) is 14.8 Å². The molecule has 3 aromatic rings. The molecule has 1 aliphatic heterocycles. The maximum atomic E-state index is 12.4. The predicted octanol–water partition coefficient (Wildman–Crippen LogP) is 3.84. The Balaban J connectivity index is 1.43. The van der Waals surface area contributed by atoms with E-state index in [4.69, 9.17) is 11.6 Å². The Bertz CT molecular complexity index is 898. The number of rotatable bonds is 4. The van der Waals surface area contributed by atoms with Crippen molar-refractivity contribution in [3.8, 4) is 11.3 Å². The maximum absolute atomic E-state index is 12.4. The van der Waals surface area contributed by atoms with Crippen LogP contribution in [0.5, 0.6) is 0 Å². The van der Waals surface area contributed by atoms with Gasteiger partial charge < -0.3 is 5.32 Å². The highest BCUT2D eigenvalue weighted by atomic mass is 35.5. The summed E-state index contributed by atoms with van der Waals surface area (Å²) in [4.78, 5) is 16.9. The van der Waals surface area contributed by atoms with Crippen LogP contribution in [0.4, 0.5) is 5.13 Å². The average Bonchev–Trinajstić information content (AvgIpc) is 3.33. The Kier molecular flexibility index (Phi) is 5.01. The van der Waals surface area contributed by atoms with Gasteiger partial charge in [0.1, 0.15) is 0 Å². The molecule has 3 heterocycles. The van der Waals surface area contributed by atoms with E-state index in [1.165, 1.54) is 11.3 Å². The average molecular weight is 388 g/mol. The third-order valence-electron chi connectivity index (χ3n) is 4.35. The fourth-order valence-electron chi connectivity index (χ4n) is 2.97. The van der Waals surface area contributed by atoms with Gasteiger partial charge in [-0.25, -0.2) is 4.98 Å². The summed E-state index contributed by atoms with van der Waals surface area (Å²) in [5.41, 5.74) is 2.17. The van der Waals surface area contributed by atoms with Gasteiger partial charge in [0.25, 0.3) is 5.91 Å². The van der Waals surface area contributed by atoms with E-state index in [1.54, 1.807) is 6.07 Å². The second-order valence-electron chi connectivity index (χ2n) is 6.18. The van der Waals surface area contributed by atoms with Crippen molar-refractivity contribution < 1.29 is 4.79 Å². The molecule has 2 N–H and O–H groups in total. The highest BCUT2D eigenvalue weighted by Crippen LogP contribution is 2.26. The van der Waals surface area contributed by atoms with E-state index in [1.807, 2.05) is 40.5 Å². The van der Waals surface area contributed by atoms with Gasteiger partial charge in [-0.1, -0.05) is 23.7 Å². The number of anilines is 1. The third kappa shape index (κ3) is 3.80. The van der Waals surface area contributed by atoms with Crippen molar-refractivity contribution in [2.75, 3.05) is 18.4 Å². The summed E-state index contributed by atoms with van der Waals surface area (Å²) in [5.74, 6) is -0.246. The lowest BCUT2D eigenvalue weighted by atomic mass is 10.1. The molecule has 26 heavy (non-hydrogen) atoms. The van der Waals surface area contributed by atoms with Crippen molar-refractivity contribution in [3.05, 3.63) is 52.6 Å². The number of carbonyl (C=O) groups excluding carboxylic acids is 1. The van der Waals surface area contributed by atoms with E-state index < -0.39 is 0 Å². The zero-order valence-electron chi connectivity index (χ0n) is 14.0. The molecule has 0 saturated carbocycles. The van der Waals surface area contributed by atoms with Crippen LogP contribution >= 0.6 is 22.9 Å². The Morgan fingerprint density at radius 3 is 2.92 bits per heavy atom. The molecule has 1 aliphatic rings. The van der Waals surface area contributed by atoms with Gasteiger partial charge in [0, 0.05) is 28.7 Å². The van der Waals surface area contributed by atoms with Crippen LogP contribution < -0.4 is 10.6 Å². The van der Waals surface area contributed by atoms with Crippen LogP contribution in [0.2, 0.25) is 5.02 Å². The molecule has 1 unspecified atom stereocenters. The highest BCUT2D eigenvalue weighted by molar-refractivity contribution is 7.14. The fourth-order valence-corrected chi connectivity index (χ4v) is 3.81. The van der Waals surface area contributed by atoms with E-state index in [2.05, 4.69) is 20.7 Å². The minimum absolute atomic E-state index is 0.246. The first-order valence-corrected chi connectivity index (χ1v) is 9.73. The van der Waals surface area contributed by atoms with Crippen molar-refractivity contribution >= 4 is 34.0 Å². The van der Waals surface area contributed by atoms with Crippen molar-refractivity contribution in [3.63, 3.8) is 0 Å². The number of amides is 1. The molecule has 8 heteroatoms. The molecule has 0 radical (unpaired) electrons. The molecule has 134 valence electrons. The first-order valence-electron chi connectivity index (χ1n) is 8.48. The number of hydrogen-bond donors (Lipinski definition) is 2. The van der Waals surface area contributed by atoms with Crippen LogP contribution in [0.25, 0.3) is 11.3 Å². The van der Waals surface area contributed by atoms with Gasteiger partial charge in [0.05, 0.1) is 11.7 Å². The zero-order valence-corrected chi connectivity index (χ0v) is 15.6. The maximum Gasteiger partial charge on any atom is 0.277 e. The first kappa shape index (κ1) is 17.2. The lowest BCUT2D eigenvalue weighted by Gasteiger charge is -2.22. The van der Waals surface area contributed by atoms with Gasteiger partial charge >= 0.3 is 0 Å². The van der Waals surface area contributed by atoms with Crippen molar-refractivity contribution in [1.82, 2.24) is 20.1 Å². The number of carbonyl (C=O) groups is 1. The molecule has 1 fully saturated rings. The van der Waals surface area contributed by atoms with Crippen LogP contribution in [0.1, 0.15) is 29.4 Å². The van der Waals surface area contributed by atoms with Crippen molar-refractivity contribution in [1.29, 1.82) is 0 Å². The van der Waals surface area contributed by atoms with E-state index >= 15 is 0 Å². The van der Waals surface area contributed by atoms with Crippen molar-refractivity contribution in [2.24, 2.45) is 0 Å². The predicted molar refractivity (Wildman–Crippen MR) is 104 cm³/mol. The Morgan fingerprint density at radius 2 is 2.15 bits per heavy atom. The number of thiazole rings is 1. The van der Waals surface area contributed by atoms with Gasteiger partial charge in [-0.05, 0) is 37.6 Å². The molecule has 1 saturated heterocycles. The summed E-state index contributed by atoms with van der Waals surface area (Å²) in [6.07, 6.45) is 4.07. The number of benzene rings is 1. The molecule has 1 amide bonds. The number of nitrogens with one attached hydrogen (secondary N) is 2. The molecule has 6 nitrogen and oxygen atoms in total. The lowest BCUT2D eigenvalue weighted by molar-refractivity contribution is 0.102. The van der Waals surface area contributed by atoms with E-state index in [9.17, 15) is 4.79 Å². The summed E-state index contributed by atoms with van der Waals surface area (Å²) in [7, 11) is 0. The first-order chi connectivity index (χ1) is 12.7. The molecule has 2 aromatic heterocycles. The highest BCUT2D eigenvalue weighted by Gasteiger charge is 2.18. The Hall–Kier alpha value is -2.22. The van der Waals surface area contributed by atoms with Crippen LogP contribution in [0, 0.1) is 0 Å². The zero-order chi connectivity index (χ0) is 17.9. The summed E-state index contributed by atoms with van der Waals surface area (Å²) in [6, 6.07) is 9.51. The van der Waals surface area contributed by atoms with Crippen LogP contribution in [-0.4, -0.2) is 33.8 Å². The molecule has 0 bridgehead atoms. The molecule has 4 rings (SSSR count). The minimum Gasteiger partial charge on any atom is -0.315 e. The van der Waals surface area contributed by atoms with Crippen LogP contribution in [-0.2, 0) is 0 Å². The second-order valence-corrected chi connectivity index (χ2v) is 7.47. The molecular weight excluding hydrogens is 370 g/mol. The summed E-state index contributed by atoms with van der Waals surface area (Å²) in [6.45, 7) is 1.94. The number of halogens is 1. The van der Waals surface area contributed by atoms with Gasteiger partial charge in [-0.2, -0.15) is 5.10 Å². The van der Waals surface area contributed by atoms with E-state index in [0.717, 1.165) is 37.2 Å². The molecule has 1 aromatic carbocycles. The largest absolute Gasteiger partial charge is 0.315 e. The quantitative estimate of drug-likeness (QED) is 0.713. The lowest BCUT2D eigenvalue weighted by Crippen LogP contribution is -2.32. The number of piperidine rings is 1. The van der Waals surface area contributed by atoms with Crippen LogP contribution in [0.3, 0.4) is 0 Å². The van der Waals surface area contributed by atoms with Gasteiger partial charge in [0.15, 0.2) is 10.8 Å². The molecule has 0 spiro atoms. The SMILES string of the molecule is O=C(Nc1nc(-c2ccc(Cl)cc2)cs1)c1ccn(C2CCCNC2)n1. The smallest absolute Gasteiger partial charge is 0.277 e. The molecule has 0 aliphatic carbocycles. The van der Waals surface area contributed by atoms with Gasteiger partial charge in [-0.15, -0.1) is 11.3 Å².